The Morgan fingerprint density at radius 1 is 1.08 bits per heavy atom. The highest BCUT2D eigenvalue weighted by Crippen LogP contribution is 2.38. The predicted molar refractivity (Wildman–Crippen MR) is 64.8 cm³/mol. The first-order valence-corrected chi connectivity index (χ1v) is 6.58. The van der Waals surface area contributed by atoms with Crippen molar-refractivity contribution in [1.82, 2.24) is 0 Å². The predicted octanol–water partition coefficient (Wildman–Crippen LogP) is 4.25. The van der Waals surface area contributed by atoms with Crippen LogP contribution in [0.1, 0.15) is 38.5 Å². The molecular weight excluding hydrogens is 368 g/mol. The highest BCUT2D eigenvalue weighted by Gasteiger charge is 2.15. The summed E-state index contributed by atoms with van der Waals surface area (Å²) in [4.78, 5) is 10.2. The molecule has 0 rings (SSSR count). The van der Waals surface area contributed by atoms with Crippen molar-refractivity contribution in [2.24, 2.45) is 0 Å². The molecule has 0 saturated heterocycles. The number of unbranched alkanes of at least 4 members (excludes halogenated alkanes) is 3. The summed E-state index contributed by atoms with van der Waals surface area (Å²) >= 11 is 10.2. The molecule has 0 aromatic carbocycles. The monoisotopic (exact) mass is 378 g/mol. The summed E-state index contributed by atoms with van der Waals surface area (Å²) in [5.74, 6) is -0.698. The van der Waals surface area contributed by atoms with Gasteiger partial charge >= 0.3 is 5.97 Å². The number of carboxylic acid groups (broad SMARTS) is 1. The average molecular weight is 381 g/mol. The van der Waals surface area contributed by atoms with E-state index in [-0.39, 0.29) is 2.14 Å². The molecule has 78 valence electrons. The summed E-state index contributed by atoms with van der Waals surface area (Å²) in [5.41, 5.74) is 0. The molecule has 0 bridgehead atoms. The molecule has 0 aliphatic heterocycles. The maximum absolute atomic E-state index is 10.2. The molecule has 13 heavy (non-hydrogen) atoms. The van der Waals surface area contributed by atoms with Crippen molar-refractivity contribution in [3.05, 3.63) is 0 Å². The number of aliphatic carboxylic acids is 1. The zero-order valence-electron chi connectivity index (χ0n) is 7.23. The minimum Gasteiger partial charge on any atom is -0.481 e. The van der Waals surface area contributed by atoms with Gasteiger partial charge in [0.25, 0.3) is 0 Å². The van der Waals surface area contributed by atoms with Gasteiger partial charge in [0.15, 0.2) is 0 Å². The van der Waals surface area contributed by atoms with Crippen molar-refractivity contribution in [1.29, 1.82) is 0 Å². The fraction of sp³-hybridized carbons (Fsp3) is 0.875. The van der Waals surface area contributed by atoms with E-state index in [1.54, 1.807) is 0 Å². The van der Waals surface area contributed by atoms with E-state index in [9.17, 15) is 4.79 Å². The van der Waals surface area contributed by atoms with Gasteiger partial charge in [0, 0.05) is 6.42 Å². The van der Waals surface area contributed by atoms with Gasteiger partial charge in [-0.3, -0.25) is 4.79 Å². The Hall–Kier alpha value is 0.910. The second-order valence-electron chi connectivity index (χ2n) is 2.92. The Bertz CT molecular complexity index is 154. The van der Waals surface area contributed by atoms with Crippen LogP contribution >= 0.6 is 47.8 Å². The molecule has 5 heteroatoms. The van der Waals surface area contributed by atoms with Crippen LogP contribution in [-0.4, -0.2) is 13.2 Å². The van der Waals surface area contributed by atoms with Crippen LogP contribution in [0.5, 0.6) is 0 Å². The minimum absolute atomic E-state index is 0.139. The van der Waals surface area contributed by atoms with E-state index in [1.165, 1.54) is 0 Å². The second-order valence-corrected chi connectivity index (χ2v) is 10.2. The molecule has 0 aromatic rings. The number of halogens is 3. The lowest BCUT2D eigenvalue weighted by molar-refractivity contribution is -0.137. The van der Waals surface area contributed by atoms with E-state index in [0.717, 1.165) is 32.1 Å². The number of rotatable bonds is 6. The Morgan fingerprint density at radius 2 is 1.62 bits per heavy atom. The molecule has 1 N–H and O–H groups in total. The van der Waals surface area contributed by atoms with Crippen molar-refractivity contribution >= 4 is 53.8 Å². The van der Waals surface area contributed by atoms with E-state index in [1.807, 2.05) is 0 Å². The summed E-state index contributed by atoms with van der Waals surface area (Å²) in [7, 11) is 0. The molecule has 0 aromatic heterocycles. The molecule has 2 nitrogen and oxygen atoms in total. The van der Waals surface area contributed by atoms with Crippen molar-refractivity contribution in [2.45, 2.75) is 40.7 Å². The number of carbonyl (C=O) groups is 1. The van der Waals surface area contributed by atoms with Crippen LogP contribution < -0.4 is 0 Å². The van der Waals surface area contributed by atoms with E-state index >= 15 is 0 Å². The lowest BCUT2D eigenvalue weighted by Gasteiger charge is -2.10. The van der Waals surface area contributed by atoms with Crippen molar-refractivity contribution in [3.63, 3.8) is 0 Å². The van der Waals surface area contributed by atoms with Crippen LogP contribution in [0, 0.1) is 0 Å². The third-order valence-corrected chi connectivity index (χ3v) is 2.79. The first kappa shape index (κ1) is 13.9. The molecule has 0 atom stereocenters. The van der Waals surface area contributed by atoms with Gasteiger partial charge in [-0.05, 0) is 12.8 Å². The minimum atomic E-state index is -0.698. The lowest BCUT2D eigenvalue weighted by atomic mass is 10.1. The fourth-order valence-corrected chi connectivity index (χ4v) is 1.80. The number of carboxylic acids is 1. The highest BCUT2D eigenvalue weighted by molar-refractivity contribution is 9.39. The highest BCUT2D eigenvalue weighted by atomic mass is 80.0. The van der Waals surface area contributed by atoms with Gasteiger partial charge in [0.1, 0.15) is 2.14 Å². The lowest BCUT2D eigenvalue weighted by Crippen LogP contribution is -1.98. The standard InChI is InChI=1S/C8H13Br3O2/c9-8(10,11)6-4-2-1-3-5-7(12)13/h1-6H2,(H,12,13). The molecule has 0 amide bonds. The molecule has 0 spiro atoms. The van der Waals surface area contributed by atoms with Crippen molar-refractivity contribution < 1.29 is 9.90 Å². The second kappa shape index (κ2) is 7.23. The van der Waals surface area contributed by atoms with E-state index in [0.29, 0.717) is 6.42 Å². The summed E-state index contributed by atoms with van der Waals surface area (Å²) in [5, 5.41) is 8.38. The van der Waals surface area contributed by atoms with Crippen molar-refractivity contribution in [2.75, 3.05) is 0 Å². The molecular formula is C8H13Br3O2. The number of hydrogen-bond acceptors (Lipinski definition) is 1. The zero-order chi connectivity index (χ0) is 10.3. The topological polar surface area (TPSA) is 37.3 Å². The van der Waals surface area contributed by atoms with Crippen LogP contribution in [0.4, 0.5) is 0 Å². The van der Waals surface area contributed by atoms with Crippen LogP contribution in [0.25, 0.3) is 0 Å². The maximum atomic E-state index is 10.2. The SMILES string of the molecule is O=C(O)CCCCCCC(Br)(Br)Br. The summed E-state index contributed by atoms with van der Waals surface area (Å²) in [6, 6.07) is 0. The van der Waals surface area contributed by atoms with Crippen LogP contribution in [0.2, 0.25) is 0 Å². The van der Waals surface area contributed by atoms with E-state index in [4.69, 9.17) is 5.11 Å². The average Bonchev–Trinajstić information content (AvgIpc) is 1.93. The quantitative estimate of drug-likeness (QED) is 0.552. The normalized spacial score (nSPS) is 11.6. The Balaban J connectivity index is 3.13. The Morgan fingerprint density at radius 3 is 2.08 bits per heavy atom. The molecule has 0 aliphatic carbocycles. The van der Waals surface area contributed by atoms with Crippen LogP contribution in [0.15, 0.2) is 0 Å². The van der Waals surface area contributed by atoms with E-state index < -0.39 is 5.97 Å². The Kier molecular flexibility index (Phi) is 7.74. The maximum Gasteiger partial charge on any atom is 0.303 e. The number of alkyl halides is 3. The van der Waals surface area contributed by atoms with Gasteiger partial charge in [-0.15, -0.1) is 0 Å². The first-order valence-electron chi connectivity index (χ1n) is 4.20. The smallest absolute Gasteiger partial charge is 0.303 e. The summed E-state index contributed by atoms with van der Waals surface area (Å²) < 4.78 is -0.139. The van der Waals surface area contributed by atoms with Crippen molar-refractivity contribution in [3.8, 4) is 0 Å². The molecule has 0 aliphatic rings. The van der Waals surface area contributed by atoms with Crippen LogP contribution in [0.3, 0.4) is 0 Å². The van der Waals surface area contributed by atoms with Gasteiger partial charge in [-0.25, -0.2) is 0 Å². The van der Waals surface area contributed by atoms with E-state index in [2.05, 4.69) is 47.8 Å². The zero-order valence-corrected chi connectivity index (χ0v) is 12.0. The third kappa shape index (κ3) is 12.9. The van der Waals surface area contributed by atoms with Crippen LogP contribution in [-0.2, 0) is 4.79 Å². The third-order valence-electron chi connectivity index (χ3n) is 1.60. The largest absolute Gasteiger partial charge is 0.481 e. The molecule has 0 heterocycles. The number of hydrogen-bond donors (Lipinski definition) is 1. The summed E-state index contributed by atoms with van der Waals surface area (Å²) in [6.07, 6.45) is 5.23. The first-order chi connectivity index (χ1) is 5.92. The van der Waals surface area contributed by atoms with Gasteiger partial charge in [0.2, 0.25) is 0 Å². The Labute approximate surface area is 104 Å². The molecule has 0 radical (unpaired) electrons. The molecule has 0 saturated carbocycles. The van der Waals surface area contributed by atoms with Gasteiger partial charge in [-0.1, -0.05) is 67.1 Å². The molecule has 0 unspecified atom stereocenters. The fourth-order valence-electron chi connectivity index (χ4n) is 0.955. The molecule has 0 fully saturated rings. The summed E-state index contributed by atoms with van der Waals surface area (Å²) in [6.45, 7) is 0. The van der Waals surface area contributed by atoms with Gasteiger partial charge in [0.05, 0.1) is 0 Å². The van der Waals surface area contributed by atoms with Gasteiger partial charge < -0.3 is 5.11 Å². The van der Waals surface area contributed by atoms with Gasteiger partial charge in [-0.2, -0.15) is 0 Å².